The molecule has 2 aliphatic rings. The topological polar surface area (TPSA) is 50.1 Å². The monoisotopic (exact) mass is 474 g/mol. The number of methoxy groups -OCH3 is 1. The van der Waals surface area contributed by atoms with Crippen molar-refractivity contribution in [1.29, 1.82) is 0 Å². The molecule has 2 fully saturated rings. The zero-order chi connectivity index (χ0) is 24.2. The highest BCUT2D eigenvalue weighted by Crippen LogP contribution is 2.28. The molecule has 0 amide bonds. The largest absolute Gasteiger partial charge is 0.496 e. The first-order valence-electron chi connectivity index (χ1n) is 13.3. The van der Waals surface area contributed by atoms with Gasteiger partial charge in [0.15, 0.2) is 0 Å². The summed E-state index contributed by atoms with van der Waals surface area (Å²) in [5.74, 6) is 1.68. The summed E-state index contributed by atoms with van der Waals surface area (Å²) in [6.45, 7) is 8.07. The number of pyridine rings is 1. The Hall–Kier alpha value is -2.86. The van der Waals surface area contributed by atoms with Crippen LogP contribution < -0.4 is 15.2 Å². The van der Waals surface area contributed by atoms with Gasteiger partial charge >= 0.3 is 0 Å². The van der Waals surface area contributed by atoms with Gasteiger partial charge in [-0.05, 0) is 87.0 Å². The predicted molar refractivity (Wildman–Crippen MR) is 143 cm³/mol. The van der Waals surface area contributed by atoms with Crippen LogP contribution in [0.3, 0.4) is 0 Å². The zero-order valence-corrected chi connectivity index (χ0v) is 21.2. The molecule has 2 aromatic heterocycles. The molecule has 6 heteroatoms. The van der Waals surface area contributed by atoms with E-state index in [1.165, 1.54) is 51.7 Å². The Morgan fingerprint density at radius 1 is 1.00 bits per heavy atom. The molecular weight excluding hydrogens is 436 g/mol. The fraction of sp³-hybridized carbons (Fsp3) is 0.517. The lowest BCUT2D eigenvalue weighted by Gasteiger charge is -2.37. The Morgan fingerprint density at radius 2 is 1.80 bits per heavy atom. The van der Waals surface area contributed by atoms with E-state index in [0.717, 1.165) is 54.4 Å². The highest BCUT2D eigenvalue weighted by Gasteiger charge is 2.23. The Labute approximate surface area is 208 Å². The first-order valence-corrected chi connectivity index (χ1v) is 13.3. The summed E-state index contributed by atoms with van der Waals surface area (Å²) >= 11 is 0. The van der Waals surface area contributed by atoms with Gasteiger partial charge in [0.05, 0.1) is 18.5 Å². The standard InChI is InChI=1S/C29H38N4O2/c1-3-7-24-18-23(8-10-27(24)35-2)26-19-29(34)33-21-25(9-11-28(33)30-26)32-16-12-22(13-17-32)20-31-14-5-4-6-15-31/h8-11,18-19,21-22H,3-7,12-17,20H2,1-2H3. The summed E-state index contributed by atoms with van der Waals surface area (Å²) in [5.41, 5.74) is 4.56. The summed E-state index contributed by atoms with van der Waals surface area (Å²) in [6, 6.07) is 11.8. The highest BCUT2D eigenvalue weighted by molar-refractivity contribution is 5.65. The summed E-state index contributed by atoms with van der Waals surface area (Å²) < 4.78 is 7.19. The Kier molecular flexibility index (Phi) is 7.37. The lowest BCUT2D eigenvalue weighted by molar-refractivity contribution is 0.181. The van der Waals surface area contributed by atoms with Crippen LogP contribution in [0.4, 0.5) is 5.69 Å². The second-order valence-corrected chi connectivity index (χ2v) is 10.2. The molecule has 3 aromatic rings. The number of hydrogen-bond acceptors (Lipinski definition) is 5. The number of benzene rings is 1. The van der Waals surface area contributed by atoms with Crippen molar-refractivity contribution >= 4 is 11.3 Å². The number of anilines is 1. The highest BCUT2D eigenvalue weighted by atomic mass is 16.5. The molecule has 0 saturated carbocycles. The van der Waals surface area contributed by atoms with Gasteiger partial charge in [-0.3, -0.25) is 9.20 Å². The Morgan fingerprint density at radius 3 is 2.54 bits per heavy atom. The first kappa shape index (κ1) is 23.9. The number of aryl methyl sites for hydroxylation is 1. The summed E-state index contributed by atoms with van der Waals surface area (Å²) in [6.07, 6.45) is 10.5. The third kappa shape index (κ3) is 5.37. The smallest absolute Gasteiger partial charge is 0.258 e. The number of rotatable bonds is 7. The van der Waals surface area contributed by atoms with Crippen LogP contribution in [-0.2, 0) is 6.42 Å². The van der Waals surface area contributed by atoms with Crippen LogP contribution >= 0.6 is 0 Å². The van der Waals surface area contributed by atoms with Crippen LogP contribution in [0.2, 0.25) is 0 Å². The molecule has 5 rings (SSSR count). The molecule has 2 aliphatic heterocycles. The number of ether oxygens (including phenoxy) is 1. The van der Waals surface area contributed by atoms with Gasteiger partial charge in [0.25, 0.3) is 5.56 Å². The summed E-state index contributed by atoms with van der Waals surface area (Å²) in [5, 5.41) is 0. The fourth-order valence-electron chi connectivity index (χ4n) is 5.71. The minimum atomic E-state index is -0.0419. The van der Waals surface area contributed by atoms with Gasteiger partial charge in [-0.2, -0.15) is 0 Å². The summed E-state index contributed by atoms with van der Waals surface area (Å²) in [7, 11) is 1.70. The van der Waals surface area contributed by atoms with E-state index in [2.05, 4.69) is 28.9 Å². The van der Waals surface area contributed by atoms with Crippen LogP contribution in [-0.4, -0.2) is 54.1 Å². The molecule has 0 radical (unpaired) electrons. The van der Waals surface area contributed by atoms with E-state index in [0.29, 0.717) is 11.3 Å². The number of aromatic nitrogens is 2. The molecule has 0 atom stereocenters. The van der Waals surface area contributed by atoms with Crippen LogP contribution in [0, 0.1) is 5.92 Å². The molecule has 35 heavy (non-hydrogen) atoms. The minimum absolute atomic E-state index is 0.0419. The molecule has 2 saturated heterocycles. The maximum Gasteiger partial charge on any atom is 0.258 e. The predicted octanol–water partition coefficient (Wildman–Crippen LogP) is 5.02. The lowest BCUT2D eigenvalue weighted by Crippen LogP contribution is -2.40. The lowest BCUT2D eigenvalue weighted by atomic mass is 9.95. The third-order valence-corrected chi connectivity index (χ3v) is 7.68. The number of nitrogens with zero attached hydrogens (tertiary/aromatic N) is 4. The van der Waals surface area contributed by atoms with E-state index in [-0.39, 0.29) is 5.56 Å². The molecule has 0 spiro atoms. The number of piperidine rings is 2. The van der Waals surface area contributed by atoms with Crippen molar-refractivity contribution in [3.8, 4) is 17.0 Å². The fourth-order valence-corrected chi connectivity index (χ4v) is 5.71. The van der Waals surface area contributed by atoms with E-state index in [9.17, 15) is 4.79 Å². The zero-order valence-electron chi connectivity index (χ0n) is 21.2. The second kappa shape index (κ2) is 10.8. The normalized spacial score (nSPS) is 17.7. The molecule has 0 aliphatic carbocycles. The van der Waals surface area contributed by atoms with Crippen molar-refractivity contribution in [3.63, 3.8) is 0 Å². The van der Waals surface area contributed by atoms with Gasteiger partial charge in [-0.25, -0.2) is 4.98 Å². The second-order valence-electron chi connectivity index (χ2n) is 10.2. The number of likely N-dealkylation sites (tertiary alicyclic amines) is 1. The minimum Gasteiger partial charge on any atom is -0.496 e. The third-order valence-electron chi connectivity index (χ3n) is 7.68. The van der Waals surface area contributed by atoms with Crippen molar-refractivity contribution in [2.45, 2.75) is 51.9 Å². The van der Waals surface area contributed by atoms with Gasteiger partial charge in [0.1, 0.15) is 11.4 Å². The molecule has 6 nitrogen and oxygen atoms in total. The maximum atomic E-state index is 13.1. The first-order chi connectivity index (χ1) is 17.1. The van der Waals surface area contributed by atoms with Gasteiger partial charge in [0, 0.05) is 37.5 Å². The van der Waals surface area contributed by atoms with E-state index in [4.69, 9.17) is 9.72 Å². The molecule has 0 unspecified atom stereocenters. The van der Waals surface area contributed by atoms with Crippen LogP contribution in [0.15, 0.2) is 47.4 Å². The average molecular weight is 475 g/mol. The maximum absolute atomic E-state index is 13.1. The van der Waals surface area contributed by atoms with Crippen molar-refractivity contribution in [2.75, 3.05) is 44.7 Å². The van der Waals surface area contributed by atoms with Crippen LogP contribution in [0.25, 0.3) is 16.9 Å². The van der Waals surface area contributed by atoms with Gasteiger partial charge in [-0.1, -0.05) is 19.8 Å². The van der Waals surface area contributed by atoms with Crippen molar-refractivity contribution in [2.24, 2.45) is 5.92 Å². The van der Waals surface area contributed by atoms with Gasteiger partial charge in [-0.15, -0.1) is 0 Å². The van der Waals surface area contributed by atoms with Crippen molar-refractivity contribution in [1.82, 2.24) is 14.3 Å². The van der Waals surface area contributed by atoms with E-state index in [1.807, 2.05) is 24.4 Å². The van der Waals surface area contributed by atoms with E-state index >= 15 is 0 Å². The van der Waals surface area contributed by atoms with Crippen molar-refractivity contribution in [3.05, 3.63) is 58.5 Å². The molecule has 0 bridgehead atoms. The van der Waals surface area contributed by atoms with Crippen molar-refractivity contribution < 1.29 is 4.74 Å². The number of fused-ring (bicyclic) bond motifs is 1. The van der Waals surface area contributed by atoms with Gasteiger partial charge in [0.2, 0.25) is 0 Å². The average Bonchev–Trinajstić information content (AvgIpc) is 2.90. The SMILES string of the molecule is CCCc1cc(-c2cc(=O)n3cc(N4CCC(CN5CCCCC5)CC4)ccc3n2)ccc1OC. The molecule has 186 valence electrons. The van der Waals surface area contributed by atoms with Crippen LogP contribution in [0.5, 0.6) is 5.75 Å². The van der Waals surface area contributed by atoms with Crippen LogP contribution in [0.1, 0.15) is 51.0 Å². The van der Waals surface area contributed by atoms with E-state index in [1.54, 1.807) is 17.6 Å². The quantitative estimate of drug-likeness (QED) is 0.481. The summed E-state index contributed by atoms with van der Waals surface area (Å²) in [4.78, 5) is 23.0. The van der Waals surface area contributed by atoms with Gasteiger partial charge < -0.3 is 14.5 Å². The molecule has 1 aromatic carbocycles. The molecule has 0 N–H and O–H groups in total. The molecular formula is C29H38N4O2. The number of hydrogen-bond donors (Lipinski definition) is 0. The Bertz CT molecular complexity index is 1210. The Balaban J connectivity index is 1.32. The molecule has 4 heterocycles. The van der Waals surface area contributed by atoms with E-state index < -0.39 is 0 Å².